The second-order valence-corrected chi connectivity index (χ2v) is 10.6. The molecular formula is C31H25Cl2N7O2. The Morgan fingerprint density at radius 2 is 1.57 bits per heavy atom. The monoisotopic (exact) mass is 597 g/mol. The molecule has 0 radical (unpaired) electrons. The first-order valence-electron chi connectivity index (χ1n) is 13.3. The molecule has 5 aromatic rings. The van der Waals surface area contributed by atoms with Gasteiger partial charge < -0.3 is 9.80 Å². The predicted molar refractivity (Wildman–Crippen MR) is 165 cm³/mol. The zero-order chi connectivity index (χ0) is 29.4. The van der Waals surface area contributed by atoms with Gasteiger partial charge in [0.05, 0.1) is 21.8 Å². The molecule has 9 nitrogen and oxygen atoms in total. The summed E-state index contributed by atoms with van der Waals surface area (Å²) in [4.78, 5) is 48.6. The summed E-state index contributed by atoms with van der Waals surface area (Å²) in [7, 11) is 0. The molecule has 0 saturated carbocycles. The van der Waals surface area contributed by atoms with Gasteiger partial charge in [0.1, 0.15) is 23.0 Å². The standard InChI is InChI=1S/C31H25Cl2N7O2/c1-3-24(41)39-15-14-38(17-19(39)2)29-22-16-23(32)28(33)36-30(22)40(31(42)37-29)27-25(20-10-6-4-7-11-20)34-18-35-26(27)21-12-8-5-9-13-21/h3-13,16,18-19H,1,14-15,17H2,2H3/t19-/m0/s1. The van der Waals surface area contributed by atoms with Crippen molar-refractivity contribution in [3.63, 3.8) is 0 Å². The van der Waals surface area contributed by atoms with Crippen LogP contribution in [0.2, 0.25) is 10.2 Å². The predicted octanol–water partition coefficient (Wildman–Crippen LogP) is 5.43. The number of halogens is 2. The summed E-state index contributed by atoms with van der Waals surface area (Å²) < 4.78 is 1.41. The molecule has 4 heterocycles. The summed E-state index contributed by atoms with van der Waals surface area (Å²) >= 11 is 13.0. The van der Waals surface area contributed by atoms with Gasteiger partial charge in [0.15, 0.2) is 5.65 Å². The molecule has 2 aromatic carbocycles. The quantitative estimate of drug-likeness (QED) is 0.197. The number of pyridine rings is 1. The van der Waals surface area contributed by atoms with Crippen molar-refractivity contribution in [2.24, 2.45) is 0 Å². The molecule has 0 spiro atoms. The Hall–Kier alpha value is -4.60. The van der Waals surface area contributed by atoms with Gasteiger partial charge in [0, 0.05) is 36.8 Å². The van der Waals surface area contributed by atoms with Crippen LogP contribution in [0.15, 0.2) is 90.5 Å². The van der Waals surface area contributed by atoms with Crippen LogP contribution in [0.25, 0.3) is 39.2 Å². The lowest BCUT2D eigenvalue weighted by molar-refractivity contribution is -0.128. The number of benzene rings is 2. The third kappa shape index (κ3) is 4.91. The lowest BCUT2D eigenvalue weighted by Gasteiger charge is -2.40. The molecule has 1 saturated heterocycles. The number of amides is 1. The normalized spacial score (nSPS) is 15.2. The molecule has 1 aliphatic rings. The van der Waals surface area contributed by atoms with Gasteiger partial charge in [-0.3, -0.25) is 4.79 Å². The average molecular weight is 598 g/mol. The largest absolute Gasteiger partial charge is 0.355 e. The highest BCUT2D eigenvalue weighted by atomic mass is 35.5. The number of aromatic nitrogens is 5. The molecule has 1 atom stereocenters. The maximum Gasteiger partial charge on any atom is 0.355 e. The van der Waals surface area contributed by atoms with Crippen molar-refractivity contribution in [1.29, 1.82) is 0 Å². The van der Waals surface area contributed by atoms with E-state index in [2.05, 4.69) is 26.5 Å². The Labute approximate surface area is 251 Å². The molecule has 42 heavy (non-hydrogen) atoms. The lowest BCUT2D eigenvalue weighted by atomic mass is 10.0. The second kappa shape index (κ2) is 11.3. The zero-order valence-corrected chi connectivity index (χ0v) is 24.1. The van der Waals surface area contributed by atoms with E-state index in [0.29, 0.717) is 47.9 Å². The minimum absolute atomic E-state index is 0.0450. The van der Waals surface area contributed by atoms with Crippen molar-refractivity contribution in [1.82, 2.24) is 29.4 Å². The zero-order valence-electron chi connectivity index (χ0n) is 22.6. The summed E-state index contributed by atoms with van der Waals surface area (Å²) in [6.07, 6.45) is 2.79. The number of rotatable bonds is 5. The molecule has 1 amide bonds. The van der Waals surface area contributed by atoms with E-state index in [1.807, 2.05) is 72.5 Å². The van der Waals surface area contributed by atoms with Gasteiger partial charge >= 0.3 is 5.69 Å². The fourth-order valence-electron chi connectivity index (χ4n) is 5.33. The number of fused-ring (bicyclic) bond motifs is 1. The fourth-order valence-corrected chi connectivity index (χ4v) is 5.61. The van der Waals surface area contributed by atoms with Crippen LogP contribution in [0.1, 0.15) is 6.92 Å². The minimum Gasteiger partial charge on any atom is -0.352 e. The molecular weight excluding hydrogens is 573 g/mol. The number of hydrogen-bond donors (Lipinski definition) is 0. The van der Waals surface area contributed by atoms with Gasteiger partial charge in [-0.05, 0) is 19.1 Å². The number of hydrogen-bond acceptors (Lipinski definition) is 7. The van der Waals surface area contributed by atoms with Crippen LogP contribution in [-0.4, -0.2) is 61.0 Å². The lowest BCUT2D eigenvalue weighted by Crippen LogP contribution is -2.54. The topological polar surface area (TPSA) is 97.1 Å². The molecule has 0 unspecified atom stereocenters. The smallest absolute Gasteiger partial charge is 0.352 e. The highest BCUT2D eigenvalue weighted by Crippen LogP contribution is 2.36. The van der Waals surface area contributed by atoms with Crippen molar-refractivity contribution in [2.75, 3.05) is 24.5 Å². The maximum atomic E-state index is 14.1. The first-order chi connectivity index (χ1) is 20.4. The van der Waals surface area contributed by atoms with Crippen molar-refractivity contribution < 1.29 is 4.79 Å². The van der Waals surface area contributed by atoms with Gasteiger partial charge in [-0.2, -0.15) is 4.98 Å². The highest BCUT2D eigenvalue weighted by Gasteiger charge is 2.30. The number of nitrogens with zero attached hydrogens (tertiary/aromatic N) is 7. The van der Waals surface area contributed by atoms with Crippen LogP contribution >= 0.6 is 23.2 Å². The summed E-state index contributed by atoms with van der Waals surface area (Å²) in [5, 5.41) is 0.798. The number of carbonyl (C=O) groups is 1. The van der Waals surface area contributed by atoms with E-state index in [0.717, 1.165) is 11.1 Å². The van der Waals surface area contributed by atoms with E-state index in [9.17, 15) is 9.59 Å². The Morgan fingerprint density at radius 3 is 2.14 bits per heavy atom. The fraction of sp³-hybridized carbons (Fsp3) is 0.161. The second-order valence-electron chi connectivity index (χ2n) is 9.87. The van der Waals surface area contributed by atoms with E-state index in [1.165, 1.54) is 17.0 Å². The van der Waals surface area contributed by atoms with Gasteiger partial charge in [-0.25, -0.2) is 24.3 Å². The minimum atomic E-state index is -0.579. The third-order valence-electron chi connectivity index (χ3n) is 7.28. The van der Waals surface area contributed by atoms with Crippen molar-refractivity contribution in [3.8, 4) is 28.2 Å². The summed E-state index contributed by atoms with van der Waals surface area (Å²) in [5.41, 5.74) is 2.73. The molecule has 6 rings (SSSR count). The van der Waals surface area contributed by atoms with Gasteiger partial charge in [-0.1, -0.05) is 90.4 Å². The number of piperazine rings is 1. The van der Waals surface area contributed by atoms with Crippen LogP contribution in [0, 0.1) is 0 Å². The SMILES string of the molecule is C=CC(=O)N1CCN(c2nc(=O)n(-c3c(-c4ccccc4)ncnc3-c3ccccc3)c3nc(Cl)c(Cl)cc23)C[C@@H]1C. The molecule has 3 aromatic heterocycles. The van der Waals surface area contributed by atoms with Crippen LogP contribution in [0.3, 0.4) is 0 Å². The van der Waals surface area contributed by atoms with E-state index in [1.54, 1.807) is 11.0 Å². The number of anilines is 1. The van der Waals surface area contributed by atoms with Crippen LogP contribution < -0.4 is 10.6 Å². The van der Waals surface area contributed by atoms with E-state index in [-0.39, 0.29) is 27.8 Å². The summed E-state index contributed by atoms with van der Waals surface area (Å²) in [5.74, 6) is 0.270. The van der Waals surface area contributed by atoms with E-state index in [4.69, 9.17) is 23.2 Å². The van der Waals surface area contributed by atoms with Crippen LogP contribution in [0.5, 0.6) is 0 Å². The van der Waals surface area contributed by atoms with Gasteiger partial charge in [0.25, 0.3) is 0 Å². The van der Waals surface area contributed by atoms with Crippen LogP contribution in [0.4, 0.5) is 5.82 Å². The molecule has 1 aliphatic heterocycles. The summed E-state index contributed by atoms with van der Waals surface area (Å²) in [6.45, 7) is 6.89. The van der Waals surface area contributed by atoms with E-state index < -0.39 is 5.69 Å². The Kier molecular flexibility index (Phi) is 7.45. The molecule has 0 N–H and O–H groups in total. The van der Waals surface area contributed by atoms with E-state index >= 15 is 0 Å². The summed E-state index contributed by atoms with van der Waals surface area (Å²) in [6, 6.07) is 20.6. The first kappa shape index (κ1) is 27.6. The molecule has 210 valence electrons. The molecule has 11 heteroatoms. The molecule has 1 fully saturated rings. The Bertz CT molecular complexity index is 1820. The number of carbonyl (C=O) groups excluding carboxylic acids is 1. The Balaban J connectivity index is 1.63. The third-order valence-corrected chi connectivity index (χ3v) is 7.96. The molecule has 0 bridgehead atoms. The van der Waals surface area contributed by atoms with Crippen molar-refractivity contribution >= 4 is 46.0 Å². The maximum absolute atomic E-state index is 14.1. The first-order valence-corrected chi connectivity index (χ1v) is 14.1. The Morgan fingerprint density at radius 1 is 0.952 bits per heavy atom. The van der Waals surface area contributed by atoms with Crippen LogP contribution in [-0.2, 0) is 4.79 Å². The van der Waals surface area contributed by atoms with Crippen molar-refractivity contribution in [2.45, 2.75) is 13.0 Å². The average Bonchev–Trinajstić information content (AvgIpc) is 3.02. The van der Waals surface area contributed by atoms with Gasteiger partial charge in [0.2, 0.25) is 5.91 Å². The highest BCUT2D eigenvalue weighted by molar-refractivity contribution is 6.41. The van der Waals surface area contributed by atoms with Gasteiger partial charge in [-0.15, -0.1) is 0 Å². The van der Waals surface area contributed by atoms with Crippen molar-refractivity contribution in [3.05, 3.63) is 106 Å². The molecule has 0 aliphatic carbocycles.